The fraction of sp³-hybridized carbons (Fsp3) is 1.00. The summed E-state index contributed by atoms with van der Waals surface area (Å²) in [7, 11) is 0. The predicted molar refractivity (Wildman–Crippen MR) is 71.0 cm³/mol. The van der Waals surface area contributed by atoms with E-state index in [4.69, 9.17) is 5.73 Å². The lowest BCUT2D eigenvalue weighted by Crippen LogP contribution is -2.55. The molecule has 2 saturated carbocycles. The monoisotopic (exact) mass is 237 g/mol. The zero-order valence-corrected chi connectivity index (χ0v) is 11.0. The fourth-order valence-corrected chi connectivity index (χ4v) is 3.64. The smallest absolute Gasteiger partial charge is 0.0248 e. The van der Waals surface area contributed by atoms with Crippen LogP contribution in [0.15, 0.2) is 0 Å². The van der Waals surface area contributed by atoms with Crippen LogP contribution in [0.3, 0.4) is 0 Å². The first-order valence-electron chi connectivity index (χ1n) is 7.58. The zero-order chi connectivity index (χ0) is 11.7. The second-order valence-corrected chi connectivity index (χ2v) is 6.17. The molecule has 3 aliphatic rings. The van der Waals surface area contributed by atoms with Crippen molar-refractivity contribution < 1.29 is 0 Å². The van der Waals surface area contributed by atoms with Crippen molar-refractivity contribution in [1.29, 1.82) is 0 Å². The van der Waals surface area contributed by atoms with E-state index in [1.807, 2.05) is 0 Å². The molecule has 0 radical (unpaired) electrons. The van der Waals surface area contributed by atoms with Gasteiger partial charge in [-0.3, -0.25) is 9.80 Å². The number of rotatable bonds is 2. The van der Waals surface area contributed by atoms with Crippen LogP contribution in [-0.2, 0) is 0 Å². The summed E-state index contributed by atoms with van der Waals surface area (Å²) in [4.78, 5) is 5.38. The third kappa shape index (κ3) is 2.83. The zero-order valence-electron chi connectivity index (χ0n) is 11.0. The van der Waals surface area contributed by atoms with Crippen molar-refractivity contribution in [2.45, 2.75) is 63.1 Å². The fourth-order valence-electron chi connectivity index (χ4n) is 3.64. The van der Waals surface area contributed by atoms with Crippen molar-refractivity contribution in [2.24, 2.45) is 5.73 Å². The molecule has 0 amide bonds. The lowest BCUT2D eigenvalue weighted by atomic mass is 10.0. The van der Waals surface area contributed by atoms with E-state index in [0.29, 0.717) is 12.1 Å². The van der Waals surface area contributed by atoms with Gasteiger partial charge in [-0.25, -0.2) is 0 Å². The van der Waals surface area contributed by atoms with Crippen LogP contribution in [0, 0.1) is 0 Å². The van der Waals surface area contributed by atoms with Gasteiger partial charge in [0.15, 0.2) is 0 Å². The number of hydrogen-bond acceptors (Lipinski definition) is 3. The molecule has 3 nitrogen and oxygen atoms in total. The first-order chi connectivity index (χ1) is 8.34. The molecule has 2 atom stereocenters. The summed E-state index contributed by atoms with van der Waals surface area (Å²) < 4.78 is 0. The van der Waals surface area contributed by atoms with Crippen LogP contribution in [0.4, 0.5) is 0 Å². The van der Waals surface area contributed by atoms with Gasteiger partial charge in [0.25, 0.3) is 0 Å². The molecule has 0 aromatic rings. The molecule has 2 aliphatic carbocycles. The van der Waals surface area contributed by atoms with Gasteiger partial charge in [-0.15, -0.1) is 0 Å². The van der Waals surface area contributed by atoms with Crippen molar-refractivity contribution >= 4 is 0 Å². The lowest BCUT2D eigenvalue weighted by molar-refractivity contribution is 0.0775. The Morgan fingerprint density at radius 2 is 1.35 bits per heavy atom. The molecule has 3 fully saturated rings. The van der Waals surface area contributed by atoms with Crippen LogP contribution in [0.25, 0.3) is 0 Å². The average molecular weight is 237 g/mol. The minimum atomic E-state index is 0.435. The Kier molecular flexibility index (Phi) is 3.69. The molecule has 0 spiro atoms. The van der Waals surface area contributed by atoms with E-state index >= 15 is 0 Å². The summed E-state index contributed by atoms with van der Waals surface area (Å²) in [6.45, 7) is 5.09. The van der Waals surface area contributed by atoms with E-state index in [-0.39, 0.29) is 0 Å². The second-order valence-electron chi connectivity index (χ2n) is 6.17. The lowest BCUT2D eigenvalue weighted by Gasteiger charge is -2.41. The molecule has 1 aliphatic heterocycles. The first kappa shape index (κ1) is 11.9. The van der Waals surface area contributed by atoms with E-state index in [9.17, 15) is 0 Å². The van der Waals surface area contributed by atoms with E-state index in [0.717, 1.165) is 6.04 Å². The van der Waals surface area contributed by atoms with Crippen LogP contribution in [0.2, 0.25) is 0 Å². The van der Waals surface area contributed by atoms with Gasteiger partial charge in [-0.2, -0.15) is 0 Å². The highest BCUT2D eigenvalue weighted by atomic mass is 15.3. The summed E-state index contributed by atoms with van der Waals surface area (Å²) >= 11 is 0. The van der Waals surface area contributed by atoms with Gasteiger partial charge in [0.2, 0.25) is 0 Å². The van der Waals surface area contributed by atoms with Gasteiger partial charge in [0.05, 0.1) is 0 Å². The Morgan fingerprint density at radius 3 is 2.06 bits per heavy atom. The second kappa shape index (κ2) is 5.25. The van der Waals surface area contributed by atoms with Gasteiger partial charge < -0.3 is 5.73 Å². The van der Waals surface area contributed by atoms with Crippen LogP contribution in [0.1, 0.15) is 44.9 Å². The van der Waals surface area contributed by atoms with E-state index in [2.05, 4.69) is 9.80 Å². The molecular weight excluding hydrogens is 210 g/mol. The quantitative estimate of drug-likeness (QED) is 0.737. The predicted octanol–water partition coefficient (Wildman–Crippen LogP) is 1.43. The van der Waals surface area contributed by atoms with Crippen molar-refractivity contribution in [3.8, 4) is 0 Å². The summed E-state index contributed by atoms with van der Waals surface area (Å²) in [6, 6.07) is 2.06. The molecule has 2 unspecified atom stereocenters. The molecule has 3 rings (SSSR count). The maximum absolute atomic E-state index is 6.36. The third-order valence-electron chi connectivity index (χ3n) is 4.91. The molecule has 0 aromatic heterocycles. The maximum Gasteiger partial charge on any atom is 0.0248 e. The summed E-state index contributed by atoms with van der Waals surface area (Å²) in [5, 5.41) is 0. The van der Waals surface area contributed by atoms with Gasteiger partial charge in [0, 0.05) is 44.3 Å². The summed E-state index contributed by atoms with van der Waals surface area (Å²) in [5.41, 5.74) is 6.36. The Balaban J connectivity index is 1.53. The number of nitrogens with zero attached hydrogens (tertiary/aromatic N) is 2. The molecule has 1 saturated heterocycles. The Bertz CT molecular complexity index is 244. The largest absolute Gasteiger partial charge is 0.326 e. The minimum Gasteiger partial charge on any atom is -0.326 e. The van der Waals surface area contributed by atoms with Crippen LogP contribution >= 0.6 is 0 Å². The highest BCUT2D eigenvalue weighted by Gasteiger charge is 2.34. The Hall–Kier alpha value is -0.120. The van der Waals surface area contributed by atoms with Crippen LogP contribution < -0.4 is 5.73 Å². The van der Waals surface area contributed by atoms with Gasteiger partial charge in [0.1, 0.15) is 0 Å². The molecule has 17 heavy (non-hydrogen) atoms. The number of nitrogens with two attached hydrogens (primary N) is 1. The molecule has 0 bridgehead atoms. The van der Waals surface area contributed by atoms with E-state index < -0.39 is 0 Å². The molecule has 98 valence electrons. The highest BCUT2D eigenvalue weighted by molar-refractivity contribution is 4.91. The van der Waals surface area contributed by atoms with Crippen LogP contribution in [-0.4, -0.2) is 54.1 Å². The van der Waals surface area contributed by atoms with E-state index in [1.54, 1.807) is 0 Å². The van der Waals surface area contributed by atoms with Gasteiger partial charge in [-0.05, 0) is 25.7 Å². The molecule has 0 aromatic carbocycles. The summed E-state index contributed by atoms with van der Waals surface area (Å²) in [5.74, 6) is 0. The molecular formula is C14H27N3. The van der Waals surface area contributed by atoms with Crippen molar-refractivity contribution in [1.82, 2.24) is 9.80 Å². The Labute approximate surface area is 105 Å². The van der Waals surface area contributed by atoms with Gasteiger partial charge in [-0.1, -0.05) is 19.3 Å². The van der Waals surface area contributed by atoms with Gasteiger partial charge >= 0.3 is 0 Å². The normalized spacial score (nSPS) is 37.9. The van der Waals surface area contributed by atoms with Crippen molar-refractivity contribution in [3.63, 3.8) is 0 Å². The molecule has 2 N–H and O–H groups in total. The topological polar surface area (TPSA) is 32.5 Å². The molecule has 3 heteroatoms. The van der Waals surface area contributed by atoms with E-state index in [1.165, 1.54) is 71.1 Å². The average Bonchev–Trinajstić information content (AvgIpc) is 3.17. The first-order valence-corrected chi connectivity index (χ1v) is 7.58. The number of hydrogen-bond donors (Lipinski definition) is 1. The van der Waals surface area contributed by atoms with Crippen LogP contribution in [0.5, 0.6) is 0 Å². The Morgan fingerprint density at radius 1 is 0.706 bits per heavy atom. The minimum absolute atomic E-state index is 0.435. The summed E-state index contributed by atoms with van der Waals surface area (Å²) in [6.07, 6.45) is 9.61. The standard InChI is InChI=1S/C14H27N3/c15-13-4-2-1-3-5-14(13)17-10-8-16(9-11-17)12-6-7-12/h12-14H,1-11,15H2. The highest BCUT2D eigenvalue weighted by Crippen LogP contribution is 2.29. The maximum atomic E-state index is 6.36. The third-order valence-corrected chi connectivity index (χ3v) is 4.91. The van der Waals surface area contributed by atoms with Crippen molar-refractivity contribution in [2.75, 3.05) is 26.2 Å². The number of piperazine rings is 1. The SMILES string of the molecule is NC1CCCCCC1N1CCN(C2CC2)CC1. The molecule has 1 heterocycles. The van der Waals surface area contributed by atoms with Crippen molar-refractivity contribution in [3.05, 3.63) is 0 Å².